The van der Waals surface area contributed by atoms with Gasteiger partial charge < -0.3 is 9.84 Å². The first-order valence-electron chi connectivity index (χ1n) is 5.97. The second-order valence-electron chi connectivity index (χ2n) is 4.49. The molecule has 1 aliphatic heterocycles. The van der Waals surface area contributed by atoms with Crippen molar-refractivity contribution in [3.63, 3.8) is 0 Å². The Morgan fingerprint density at radius 3 is 2.80 bits per heavy atom. The predicted octanol–water partition coefficient (Wildman–Crippen LogP) is 1.45. The summed E-state index contributed by atoms with van der Waals surface area (Å²) in [6, 6.07) is 3.63. The molecule has 1 aromatic carbocycles. The Labute approximate surface area is 122 Å². The Hall–Kier alpha value is -1.15. The fraction of sp³-hybridized carbons (Fsp3) is 0.417. The van der Waals surface area contributed by atoms with Gasteiger partial charge in [0.1, 0.15) is 4.90 Å². The van der Waals surface area contributed by atoms with E-state index >= 15 is 0 Å². The number of sulfonamides is 1. The van der Waals surface area contributed by atoms with E-state index in [0.29, 0.717) is 6.61 Å². The summed E-state index contributed by atoms with van der Waals surface area (Å²) in [6.45, 7) is 2.52. The van der Waals surface area contributed by atoms with Crippen LogP contribution < -0.4 is 0 Å². The monoisotopic (exact) mass is 319 g/mol. The SMILES string of the molecule is CC1CN(S(=O)(=O)c2cc(C(=O)O)ccc2Cl)CCO1. The molecule has 2 rings (SSSR count). The van der Waals surface area contributed by atoms with Crippen LogP contribution in [0, 0.1) is 0 Å². The number of carboxylic acids is 1. The Morgan fingerprint density at radius 2 is 2.20 bits per heavy atom. The van der Waals surface area contributed by atoms with Gasteiger partial charge >= 0.3 is 5.97 Å². The van der Waals surface area contributed by atoms with Crippen LogP contribution in [0.5, 0.6) is 0 Å². The van der Waals surface area contributed by atoms with Crippen LogP contribution in [0.15, 0.2) is 23.1 Å². The molecule has 1 heterocycles. The molecule has 110 valence electrons. The highest BCUT2D eigenvalue weighted by molar-refractivity contribution is 7.89. The lowest BCUT2D eigenvalue weighted by atomic mass is 10.2. The molecule has 6 nitrogen and oxygen atoms in total. The quantitative estimate of drug-likeness (QED) is 0.911. The maximum Gasteiger partial charge on any atom is 0.335 e. The van der Waals surface area contributed by atoms with Crippen molar-refractivity contribution in [3.8, 4) is 0 Å². The van der Waals surface area contributed by atoms with Crippen LogP contribution in [0.4, 0.5) is 0 Å². The Kier molecular flexibility index (Phi) is 4.33. The molecule has 1 unspecified atom stereocenters. The van der Waals surface area contributed by atoms with Gasteiger partial charge in [-0.1, -0.05) is 11.6 Å². The van der Waals surface area contributed by atoms with Crippen molar-refractivity contribution in [1.29, 1.82) is 0 Å². The molecule has 1 aliphatic rings. The van der Waals surface area contributed by atoms with Gasteiger partial charge in [-0.15, -0.1) is 0 Å². The summed E-state index contributed by atoms with van der Waals surface area (Å²) in [5, 5.41) is 8.96. The van der Waals surface area contributed by atoms with Gasteiger partial charge in [-0.25, -0.2) is 13.2 Å². The van der Waals surface area contributed by atoms with Crippen molar-refractivity contribution in [2.75, 3.05) is 19.7 Å². The van der Waals surface area contributed by atoms with Crippen molar-refractivity contribution in [2.45, 2.75) is 17.9 Å². The average Bonchev–Trinajstić information content (AvgIpc) is 2.38. The highest BCUT2D eigenvalue weighted by Crippen LogP contribution is 2.27. The van der Waals surface area contributed by atoms with Crippen LogP contribution in [-0.4, -0.2) is 49.6 Å². The molecule has 0 aromatic heterocycles. The lowest BCUT2D eigenvalue weighted by Gasteiger charge is -2.30. The number of benzene rings is 1. The zero-order valence-corrected chi connectivity index (χ0v) is 12.3. The number of hydrogen-bond acceptors (Lipinski definition) is 4. The van der Waals surface area contributed by atoms with Crippen LogP contribution in [0.3, 0.4) is 0 Å². The summed E-state index contributed by atoms with van der Waals surface area (Å²) in [4.78, 5) is 10.8. The molecule has 1 atom stereocenters. The van der Waals surface area contributed by atoms with E-state index in [9.17, 15) is 13.2 Å². The lowest BCUT2D eigenvalue weighted by Crippen LogP contribution is -2.44. The number of hydrogen-bond donors (Lipinski definition) is 1. The van der Waals surface area contributed by atoms with E-state index in [2.05, 4.69) is 0 Å². The molecule has 0 spiro atoms. The number of aromatic carboxylic acids is 1. The van der Waals surface area contributed by atoms with Gasteiger partial charge in [0, 0.05) is 13.1 Å². The van der Waals surface area contributed by atoms with Crippen LogP contribution in [-0.2, 0) is 14.8 Å². The highest BCUT2D eigenvalue weighted by Gasteiger charge is 2.31. The van der Waals surface area contributed by atoms with Gasteiger partial charge in [0.15, 0.2) is 0 Å². The summed E-state index contributed by atoms with van der Waals surface area (Å²) in [5.74, 6) is -1.20. The summed E-state index contributed by atoms with van der Waals surface area (Å²) in [7, 11) is -3.82. The maximum atomic E-state index is 12.5. The average molecular weight is 320 g/mol. The molecular formula is C12H14ClNO5S. The molecule has 0 radical (unpaired) electrons. The standard InChI is InChI=1S/C12H14ClNO5S/c1-8-7-14(4-5-19-8)20(17,18)11-6-9(12(15)16)2-3-10(11)13/h2-3,6,8H,4-5,7H2,1H3,(H,15,16). The van der Waals surface area contributed by atoms with Crippen molar-refractivity contribution >= 4 is 27.6 Å². The van der Waals surface area contributed by atoms with Gasteiger partial charge in [0.25, 0.3) is 0 Å². The number of nitrogens with zero attached hydrogens (tertiary/aromatic N) is 1. The lowest BCUT2D eigenvalue weighted by molar-refractivity contribution is 0.0102. The van der Waals surface area contributed by atoms with E-state index < -0.39 is 16.0 Å². The number of morpholine rings is 1. The summed E-state index contributed by atoms with van der Waals surface area (Å²) in [6.07, 6.45) is -0.208. The first-order chi connectivity index (χ1) is 9.32. The molecular weight excluding hydrogens is 306 g/mol. The number of halogens is 1. The topological polar surface area (TPSA) is 83.9 Å². The van der Waals surface area contributed by atoms with Crippen LogP contribution in [0.2, 0.25) is 5.02 Å². The molecule has 0 amide bonds. The minimum atomic E-state index is -3.82. The van der Waals surface area contributed by atoms with Crippen molar-refractivity contribution < 1.29 is 23.1 Å². The Bertz CT molecular complexity index is 631. The zero-order chi connectivity index (χ0) is 14.9. The Balaban J connectivity index is 2.43. The van der Waals surface area contributed by atoms with Crippen LogP contribution in [0.25, 0.3) is 0 Å². The number of ether oxygens (including phenoxy) is 1. The molecule has 1 saturated heterocycles. The molecule has 0 bridgehead atoms. The number of carbonyl (C=O) groups is 1. The minimum absolute atomic E-state index is 0.00847. The van der Waals surface area contributed by atoms with Crippen LogP contribution >= 0.6 is 11.6 Å². The number of rotatable bonds is 3. The molecule has 1 fully saturated rings. The van der Waals surface area contributed by atoms with Gasteiger partial charge in [0.2, 0.25) is 10.0 Å². The van der Waals surface area contributed by atoms with E-state index in [4.69, 9.17) is 21.4 Å². The molecule has 0 saturated carbocycles. The Morgan fingerprint density at radius 1 is 1.50 bits per heavy atom. The normalized spacial score (nSPS) is 20.8. The third-order valence-corrected chi connectivity index (χ3v) is 5.35. The van der Waals surface area contributed by atoms with Crippen molar-refractivity contribution in [3.05, 3.63) is 28.8 Å². The van der Waals surface area contributed by atoms with E-state index in [1.807, 2.05) is 0 Å². The predicted molar refractivity (Wildman–Crippen MR) is 72.6 cm³/mol. The molecule has 1 N–H and O–H groups in total. The van der Waals surface area contributed by atoms with Gasteiger partial charge in [-0.2, -0.15) is 4.31 Å². The summed E-state index contributed by atoms with van der Waals surface area (Å²) in [5.41, 5.74) is -0.116. The van der Waals surface area contributed by atoms with Crippen molar-refractivity contribution in [2.24, 2.45) is 0 Å². The van der Waals surface area contributed by atoms with Crippen LogP contribution in [0.1, 0.15) is 17.3 Å². The smallest absolute Gasteiger partial charge is 0.335 e. The third-order valence-electron chi connectivity index (χ3n) is 3.00. The highest BCUT2D eigenvalue weighted by atomic mass is 35.5. The van der Waals surface area contributed by atoms with E-state index in [1.54, 1.807) is 6.92 Å². The first-order valence-corrected chi connectivity index (χ1v) is 7.79. The fourth-order valence-corrected chi connectivity index (χ4v) is 3.98. The second-order valence-corrected chi connectivity index (χ2v) is 6.81. The maximum absolute atomic E-state index is 12.5. The number of carboxylic acid groups (broad SMARTS) is 1. The van der Waals surface area contributed by atoms with Gasteiger partial charge in [-0.3, -0.25) is 0 Å². The molecule has 1 aromatic rings. The van der Waals surface area contributed by atoms with Crippen molar-refractivity contribution in [1.82, 2.24) is 4.31 Å². The first kappa shape index (κ1) is 15.2. The van der Waals surface area contributed by atoms with Gasteiger partial charge in [0.05, 0.1) is 23.3 Å². The fourth-order valence-electron chi connectivity index (χ4n) is 1.98. The van der Waals surface area contributed by atoms with E-state index in [1.165, 1.54) is 16.4 Å². The van der Waals surface area contributed by atoms with E-state index in [-0.39, 0.29) is 34.7 Å². The molecule has 8 heteroatoms. The summed E-state index contributed by atoms with van der Waals surface area (Å²) >= 11 is 5.91. The van der Waals surface area contributed by atoms with E-state index in [0.717, 1.165) is 6.07 Å². The largest absolute Gasteiger partial charge is 0.478 e. The third kappa shape index (κ3) is 2.95. The summed E-state index contributed by atoms with van der Waals surface area (Å²) < 4.78 is 31.6. The second kappa shape index (κ2) is 5.69. The zero-order valence-electron chi connectivity index (χ0n) is 10.7. The molecule has 20 heavy (non-hydrogen) atoms. The molecule has 0 aliphatic carbocycles. The van der Waals surface area contributed by atoms with Gasteiger partial charge in [-0.05, 0) is 25.1 Å². The minimum Gasteiger partial charge on any atom is -0.478 e.